The Morgan fingerprint density at radius 2 is 1.71 bits per heavy atom. The van der Waals surface area contributed by atoms with E-state index in [9.17, 15) is 9.59 Å². The molecule has 0 saturated heterocycles. The molecule has 3 rings (SSSR count). The number of carbonyl (C=O) groups excluding carboxylic acids is 2. The fraction of sp³-hybridized carbons (Fsp3) is 0.882. The van der Waals surface area contributed by atoms with Crippen molar-refractivity contribution >= 4 is 11.8 Å². The third-order valence-corrected chi connectivity index (χ3v) is 5.46. The second-order valence-corrected chi connectivity index (χ2v) is 7.44. The molecule has 0 aromatic rings. The van der Waals surface area contributed by atoms with Gasteiger partial charge in [0.05, 0.1) is 0 Å². The molecule has 0 heterocycles. The highest BCUT2D eigenvalue weighted by Gasteiger charge is 2.46. The van der Waals surface area contributed by atoms with Crippen molar-refractivity contribution < 1.29 is 9.59 Å². The van der Waals surface area contributed by atoms with Gasteiger partial charge in [0.15, 0.2) is 0 Å². The topological polar surface area (TPSA) is 58.2 Å². The van der Waals surface area contributed by atoms with Gasteiger partial charge in [-0.1, -0.05) is 19.3 Å². The lowest BCUT2D eigenvalue weighted by Gasteiger charge is -2.23. The van der Waals surface area contributed by atoms with Crippen LogP contribution in [0.4, 0.5) is 0 Å². The molecular formula is C17H28N2O2. The average Bonchev–Trinajstić information content (AvgIpc) is 3.06. The summed E-state index contributed by atoms with van der Waals surface area (Å²) in [6.07, 6.45) is 9.72. The fourth-order valence-corrected chi connectivity index (χ4v) is 4.17. The van der Waals surface area contributed by atoms with Gasteiger partial charge in [-0.25, -0.2) is 0 Å². The van der Waals surface area contributed by atoms with E-state index in [0.717, 1.165) is 37.5 Å². The zero-order chi connectivity index (χ0) is 14.8. The molecule has 3 saturated carbocycles. The minimum atomic E-state index is -0.0598. The van der Waals surface area contributed by atoms with Crippen molar-refractivity contribution in [2.75, 3.05) is 0 Å². The van der Waals surface area contributed by atoms with Crippen LogP contribution in [0.3, 0.4) is 0 Å². The van der Waals surface area contributed by atoms with Gasteiger partial charge in [-0.15, -0.1) is 0 Å². The zero-order valence-corrected chi connectivity index (χ0v) is 13.1. The van der Waals surface area contributed by atoms with Crippen molar-refractivity contribution in [3.05, 3.63) is 0 Å². The molecule has 4 heteroatoms. The third kappa shape index (κ3) is 3.98. The van der Waals surface area contributed by atoms with Crippen molar-refractivity contribution in [3.8, 4) is 0 Å². The predicted octanol–water partition coefficient (Wildman–Crippen LogP) is 2.38. The van der Waals surface area contributed by atoms with Crippen molar-refractivity contribution in [3.63, 3.8) is 0 Å². The normalized spacial score (nSPS) is 33.1. The quantitative estimate of drug-likeness (QED) is 0.817. The van der Waals surface area contributed by atoms with E-state index in [0.29, 0.717) is 12.5 Å². The monoisotopic (exact) mass is 292 g/mol. The SMILES string of the molecule is CC(CC(=O)NC1CC2CC2C1)NC(=O)C1CCCCC1. The summed E-state index contributed by atoms with van der Waals surface area (Å²) < 4.78 is 0. The number of rotatable bonds is 5. The lowest BCUT2D eigenvalue weighted by Crippen LogP contribution is -2.42. The average molecular weight is 292 g/mol. The smallest absolute Gasteiger partial charge is 0.223 e. The lowest BCUT2D eigenvalue weighted by atomic mass is 9.88. The summed E-state index contributed by atoms with van der Waals surface area (Å²) >= 11 is 0. The number of fused-ring (bicyclic) bond motifs is 1. The first kappa shape index (κ1) is 14.9. The molecule has 3 aliphatic rings. The van der Waals surface area contributed by atoms with Crippen LogP contribution in [0.2, 0.25) is 0 Å². The van der Waals surface area contributed by atoms with E-state index in [1.807, 2.05) is 6.92 Å². The van der Waals surface area contributed by atoms with E-state index in [2.05, 4.69) is 10.6 Å². The highest BCUT2D eigenvalue weighted by Crippen LogP contribution is 2.51. The van der Waals surface area contributed by atoms with Gasteiger partial charge in [-0.3, -0.25) is 9.59 Å². The zero-order valence-electron chi connectivity index (χ0n) is 13.1. The molecule has 0 radical (unpaired) electrons. The molecule has 0 spiro atoms. The Hall–Kier alpha value is -1.06. The van der Waals surface area contributed by atoms with Crippen LogP contribution < -0.4 is 10.6 Å². The van der Waals surface area contributed by atoms with Gasteiger partial charge < -0.3 is 10.6 Å². The number of hydrogen-bond donors (Lipinski definition) is 2. The van der Waals surface area contributed by atoms with Crippen LogP contribution in [-0.4, -0.2) is 23.9 Å². The second kappa shape index (κ2) is 6.37. The van der Waals surface area contributed by atoms with Crippen molar-refractivity contribution in [2.45, 2.75) is 76.8 Å². The largest absolute Gasteiger partial charge is 0.353 e. The van der Waals surface area contributed by atoms with Crippen LogP contribution in [0.5, 0.6) is 0 Å². The maximum atomic E-state index is 12.1. The lowest BCUT2D eigenvalue weighted by molar-refractivity contribution is -0.127. The molecule has 118 valence electrons. The molecule has 3 fully saturated rings. The predicted molar refractivity (Wildman–Crippen MR) is 81.6 cm³/mol. The molecule has 0 aliphatic heterocycles. The van der Waals surface area contributed by atoms with Crippen molar-refractivity contribution in [2.24, 2.45) is 17.8 Å². The van der Waals surface area contributed by atoms with E-state index < -0.39 is 0 Å². The number of carbonyl (C=O) groups is 2. The van der Waals surface area contributed by atoms with Crippen LogP contribution >= 0.6 is 0 Å². The van der Waals surface area contributed by atoms with Gasteiger partial charge in [0.2, 0.25) is 11.8 Å². The summed E-state index contributed by atoms with van der Waals surface area (Å²) in [5, 5.41) is 6.16. The Morgan fingerprint density at radius 3 is 2.38 bits per heavy atom. The third-order valence-electron chi connectivity index (χ3n) is 5.46. The summed E-state index contributed by atoms with van der Waals surface area (Å²) in [4.78, 5) is 24.2. The summed E-state index contributed by atoms with van der Waals surface area (Å²) in [7, 11) is 0. The number of hydrogen-bond acceptors (Lipinski definition) is 2. The van der Waals surface area contributed by atoms with Crippen LogP contribution in [0.25, 0.3) is 0 Å². The van der Waals surface area contributed by atoms with Gasteiger partial charge in [0, 0.05) is 24.4 Å². The van der Waals surface area contributed by atoms with E-state index >= 15 is 0 Å². The maximum absolute atomic E-state index is 12.1. The highest BCUT2D eigenvalue weighted by atomic mass is 16.2. The van der Waals surface area contributed by atoms with Gasteiger partial charge in [-0.2, -0.15) is 0 Å². The Morgan fingerprint density at radius 1 is 1.05 bits per heavy atom. The molecule has 3 aliphatic carbocycles. The Bertz CT molecular complexity index is 394. The molecule has 2 amide bonds. The van der Waals surface area contributed by atoms with Crippen LogP contribution in [0.1, 0.15) is 64.7 Å². The molecule has 3 unspecified atom stereocenters. The van der Waals surface area contributed by atoms with Gasteiger partial charge >= 0.3 is 0 Å². The summed E-state index contributed by atoms with van der Waals surface area (Å²) in [6, 6.07) is 0.331. The first-order chi connectivity index (χ1) is 10.1. The standard InChI is InChI=1S/C17H28N2O2/c1-11(18-17(21)12-5-3-2-4-6-12)7-16(20)19-15-9-13-8-14(13)10-15/h11-15H,2-10H2,1H3,(H,18,21)(H,19,20). The van der Waals surface area contributed by atoms with E-state index in [-0.39, 0.29) is 23.8 Å². The molecule has 0 aromatic carbocycles. The Kier molecular flexibility index (Phi) is 4.51. The minimum Gasteiger partial charge on any atom is -0.353 e. The Balaban J connectivity index is 1.35. The first-order valence-electron chi connectivity index (χ1n) is 8.71. The highest BCUT2D eigenvalue weighted by molar-refractivity contribution is 5.81. The number of amides is 2. The van der Waals surface area contributed by atoms with E-state index in [4.69, 9.17) is 0 Å². The van der Waals surface area contributed by atoms with Crippen LogP contribution in [0, 0.1) is 17.8 Å². The van der Waals surface area contributed by atoms with E-state index in [1.54, 1.807) is 0 Å². The second-order valence-electron chi connectivity index (χ2n) is 7.44. The molecule has 4 nitrogen and oxygen atoms in total. The Labute approximate surface area is 127 Å². The molecule has 0 bridgehead atoms. The molecule has 3 atom stereocenters. The number of nitrogens with one attached hydrogen (secondary N) is 2. The van der Waals surface area contributed by atoms with Crippen molar-refractivity contribution in [1.82, 2.24) is 10.6 Å². The summed E-state index contributed by atoms with van der Waals surface area (Å²) in [6.45, 7) is 1.94. The maximum Gasteiger partial charge on any atom is 0.223 e. The minimum absolute atomic E-state index is 0.0598. The molecule has 21 heavy (non-hydrogen) atoms. The van der Waals surface area contributed by atoms with Gasteiger partial charge in [-0.05, 0) is 50.9 Å². The summed E-state index contributed by atoms with van der Waals surface area (Å²) in [5.41, 5.74) is 0. The first-order valence-corrected chi connectivity index (χ1v) is 8.71. The van der Waals surface area contributed by atoms with Crippen LogP contribution in [0.15, 0.2) is 0 Å². The van der Waals surface area contributed by atoms with Crippen molar-refractivity contribution in [1.29, 1.82) is 0 Å². The molecular weight excluding hydrogens is 264 g/mol. The van der Waals surface area contributed by atoms with Gasteiger partial charge in [0.25, 0.3) is 0 Å². The molecule has 2 N–H and O–H groups in total. The van der Waals surface area contributed by atoms with E-state index in [1.165, 1.54) is 25.7 Å². The van der Waals surface area contributed by atoms with Gasteiger partial charge in [0.1, 0.15) is 0 Å². The fourth-order valence-electron chi connectivity index (χ4n) is 4.17. The van der Waals surface area contributed by atoms with Crippen LogP contribution in [-0.2, 0) is 9.59 Å². The summed E-state index contributed by atoms with van der Waals surface area (Å²) in [5.74, 6) is 2.19. The molecule has 0 aromatic heterocycles.